The smallest absolute Gasteiger partial charge is 0.250 e. The maximum absolute atomic E-state index is 14.3. The van der Waals surface area contributed by atoms with Gasteiger partial charge in [0, 0.05) is 0 Å². The molecule has 5 heteroatoms. The lowest BCUT2D eigenvalue weighted by atomic mass is 9.99. The molecule has 1 aromatic rings. The van der Waals surface area contributed by atoms with Crippen LogP contribution in [-0.2, 0) is 9.59 Å². The van der Waals surface area contributed by atoms with Crippen LogP contribution in [0.4, 0.5) is 10.1 Å². The standard InChI is InChI=1S/C16H19FN2O2/c1-3-12-15(20)18-13(10-7-8-10)16(21)19(12)14-9(2)5-4-6-11(14)17/h4-6,10,12-13H,3,7-8H2,1-2H3,(H,18,20). The summed E-state index contributed by atoms with van der Waals surface area (Å²) in [6.45, 7) is 3.59. The second kappa shape index (κ2) is 5.13. The normalized spacial score (nSPS) is 26.0. The molecule has 1 aliphatic carbocycles. The molecule has 2 fully saturated rings. The van der Waals surface area contributed by atoms with Crippen molar-refractivity contribution in [3.63, 3.8) is 0 Å². The molecule has 1 N–H and O–H groups in total. The van der Waals surface area contributed by atoms with Crippen LogP contribution in [0.25, 0.3) is 0 Å². The van der Waals surface area contributed by atoms with E-state index in [1.165, 1.54) is 11.0 Å². The molecule has 0 aromatic heterocycles. The molecule has 1 heterocycles. The minimum Gasteiger partial charge on any atom is -0.342 e. The summed E-state index contributed by atoms with van der Waals surface area (Å²) in [7, 11) is 0. The Hall–Kier alpha value is -1.91. The fourth-order valence-electron chi connectivity index (χ4n) is 3.04. The Kier molecular flexibility index (Phi) is 3.43. The lowest BCUT2D eigenvalue weighted by Crippen LogP contribution is -2.64. The van der Waals surface area contributed by atoms with Gasteiger partial charge in [-0.2, -0.15) is 0 Å². The van der Waals surface area contributed by atoms with Crippen molar-refractivity contribution in [2.45, 2.75) is 45.2 Å². The number of anilines is 1. The van der Waals surface area contributed by atoms with Gasteiger partial charge in [0.15, 0.2) is 0 Å². The summed E-state index contributed by atoms with van der Waals surface area (Å²) in [5.74, 6) is -0.617. The zero-order chi connectivity index (χ0) is 15.1. The minimum atomic E-state index is -0.636. The number of hydrogen-bond acceptors (Lipinski definition) is 2. The van der Waals surface area contributed by atoms with Crippen molar-refractivity contribution in [2.75, 3.05) is 4.90 Å². The third-order valence-electron chi connectivity index (χ3n) is 4.33. The monoisotopic (exact) mass is 290 g/mol. The van der Waals surface area contributed by atoms with Crippen LogP contribution in [0.15, 0.2) is 18.2 Å². The quantitative estimate of drug-likeness (QED) is 0.927. The summed E-state index contributed by atoms with van der Waals surface area (Å²) in [6.07, 6.45) is 2.35. The summed E-state index contributed by atoms with van der Waals surface area (Å²) < 4.78 is 14.3. The van der Waals surface area contributed by atoms with Crippen LogP contribution in [0, 0.1) is 18.7 Å². The van der Waals surface area contributed by atoms with Crippen molar-refractivity contribution >= 4 is 17.5 Å². The van der Waals surface area contributed by atoms with Crippen LogP contribution in [0.2, 0.25) is 0 Å². The molecule has 0 spiro atoms. The molecular weight excluding hydrogens is 271 g/mol. The molecular formula is C16H19FN2O2. The molecule has 0 radical (unpaired) electrons. The molecule has 1 aliphatic heterocycles. The molecule has 2 unspecified atom stereocenters. The number of nitrogens with one attached hydrogen (secondary N) is 1. The van der Waals surface area contributed by atoms with Gasteiger partial charge >= 0.3 is 0 Å². The molecule has 4 nitrogen and oxygen atoms in total. The van der Waals surface area contributed by atoms with E-state index in [9.17, 15) is 14.0 Å². The van der Waals surface area contributed by atoms with E-state index in [4.69, 9.17) is 0 Å². The molecule has 1 aromatic carbocycles. The van der Waals surface area contributed by atoms with Gasteiger partial charge in [-0.15, -0.1) is 0 Å². The van der Waals surface area contributed by atoms with E-state index < -0.39 is 17.9 Å². The third-order valence-corrected chi connectivity index (χ3v) is 4.33. The Balaban J connectivity index is 2.06. The van der Waals surface area contributed by atoms with Gasteiger partial charge in [-0.1, -0.05) is 19.1 Å². The predicted octanol–water partition coefficient (Wildman–Crippen LogP) is 2.15. The first-order chi connectivity index (χ1) is 10.0. The van der Waals surface area contributed by atoms with E-state index in [0.29, 0.717) is 12.0 Å². The maximum atomic E-state index is 14.3. The molecule has 21 heavy (non-hydrogen) atoms. The number of halogens is 1. The van der Waals surface area contributed by atoms with Crippen molar-refractivity contribution in [3.05, 3.63) is 29.6 Å². The largest absolute Gasteiger partial charge is 0.342 e. The van der Waals surface area contributed by atoms with Gasteiger partial charge in [-0.3, -0.25) is 14.5 Å². The first kappa shape index (κ1) is 14.0. The molecule has 1 saturated carbocycles. The fraction of sp³-hybridized carbons (Fsp3) is 0.500. The number of benzene rings is 1. The van der Waals surface area contributed by atoms with Crippen LogP contribution in [-0.4, -0.2) is 23.9 Å². The summed E-state index contributed by atoms with van der Waals surface area (Å²) in [5.41, 5.74) is 0.917. The SMILES string of the molecule is CCC1C(=O)NC(C2CC2)C(=O)N1c1c(C)cccc1F. The fourth-order valence-corrected chi connectivity index (χ4v) is 3.04. The molecule has 112 valence electrons. The Morgan fingerprint density at radius 1 is 1.33 bits per heavy atom. The van der Waals surface area contributed by atoms with E-state index >= 15 is 0 Å². The molecule has 2 aliphatic rings. The van der Waals surface area contributed by atoms with E-state index in [1.807, 2.05) is 6.92 Å². The topological polar surface area (TPSA) is 49.4 Å². The van der Waals surface area contributed by atoms with Crippen LogP contribution in [0.1, 0.15) is 31.7 Å². The van der Waals surface area contributed by atoms with Crippen molar-refractivity contribution in [1.29, 1.82) is 0 Å². The second-order valence-corrected chi connectivity index (χ2v) is 5.86. The minimum absolute atomic E-state index is 0.183. The number of carbonyl (C=O) groups excluding carboxylic acids is 2. The van der Waals surface area contributed by atoms with Gasteiger partial charge in [0.2, 0.25) is 5.91 Å². The Morgan fingerprint density at radius 2 is 2.05 bits per heavy atom. The zero-order valence-electron chi connectivity index (χ0n) is 12.2. The van der Waals surface area contributed by atoms with E-state index in [1.54, 1.807) is 19.1 Å². The molecule has 0 bridgehead atoms. The maximum Gasteiger partial charge on any atom is 0.250 e. The first-order valence-corrected chi connectivity index (χ1v) is 7.43. The molecule has 2 atom stereocenters. The van der Waals surface area contributed by atoms with E-state index in [0.717, 1.165) is 12.8 Å². The second-order valence-electron chi connectivity index (χ2n) is 5.86. The van der Waals surface area contributed by atoms with Gasteiger partial charge in [0.1, 0.15) is 17.9 Å². The number of para-hydroxylation sites is 1. The van der Waals surface area contributed by atoms with Crippen molar-refractivity contribution < 1.29 is 14.0 Å². The Bertz CT molecular complexity index is 578. The third kappa shape index (κ3) is 2.30. The summed E-state index contributed by atoms with van der Waals surface area (Å²) in [6, 6.07) is 3.57. The lowest BCUT2D eigenvalue weighted by Gasteiger charge is -2.39. The highest BCUT2D eigenvalue weighted by Crippen LogP contribution is 2.37. The van der Waals surface area contributed by atoms with Crippen LogP contribution in [0.3, 0.4) is 0 Å². The van der Waals surface area contributed by atoms with Crippen molar-refractivity contribution in [2.24, 2.45) is 5.92 Å². The van der Waals surface area contributed by atoms with Crippen molar-refractivity contribution in [3.8, 4) is 0 Å². The highest BCUT2D eigenvalue weighted by Gasteiger charge is 2.47. The van der Waals surface area contributed by atoms with Gasteiger partial charge in [0.05, 0.1) is 5.69 Å². The van der Waals surface area contributed by atoms with Gasteiger partial charge < -0.3 is 5.32 Å². The van der Waals surface area contributed by atoms with Gasteiger partial charge in [-0.05, 0) is 43.7 Å². The van der Waals surface area contributed by atoms with Gasteiger partial charge in [-0.25, -0.2) is 4.39 Å². The number of amides is 2. The van der Waals surface area contributed by atoms with Crippen LogP contribution in [0.5, 0.6) is 0 Å². The van der Waals surface area contributed by atoms with Crippen LogP contribution < -0.4 is 10.2 Å². The number of aryl methyl sites for hydroxylation is 1. The summed E-state index contributed by atoms with van der Waals surface area (Å²) >= 11 is 0. The predicted molar refractivity (Wildman–Crippen MR) is 77.4 cm³/mol. The van der Waals surface area contributed by atoms with Crippen LogP contribution >= 0.6 is 0 Å². The number of carbonyl (C=O) groups is 2. The average molecular weight is 290 g/mol. The zero-order valence-corrected chi connectivity index (χ0v) is 12.2. The number of hydrogen-bond donors (Lipinski definition) is 1. The number of nitrogens with zero attached hydrogens (tertiary/aromatic N) is 1. The molecule has 3 rings (SSSR count). The van der Waals surface area contributed by atoms with E-state index in [2.05, 4.69) is 5.32 Å². The van der Waals surface area contributed by atoms with Gasteiger partial charge in [0.25, 0.3) is 5.91 Å². The summed E-state index contributed by atoms with van der Waals surface area (Å²) in [5, 5.41) is 2.82. The summed E-state index contributed by atoms with van der Waals surface area (Å²) in [4.78, 5) is 26.4. The first-order valence-electron chi connectivity index (χ1n) is 7.43. The highest BCUT2D eigenvalue weighted by molar-refractivity contribution is 6.09. The van der Waals surface area contributed by atoms with E-state index in [-0.39, 0.29) is 23.4 Å². The highest BCUT2D eigenvalue weighted by atomic mass is 19.1. The molecule has 2 amide bonds. The average Bonchev–Trinajstić information content (AvgIpc) is 3.26. The lowest BCUT2D eigenvalue weighted by molar-refractivity contribution is -0.134. The number of piperazine rings is 1. The Labute approximate surface area is 123 Å². The molecule has 1 saturated heterocycles. The van der Waals surface area contributed by atoms with Crippen molar-refractivity contribution in [1.82, 2.24) is 5.32 Å². The number of rotatable bonds is 3. The Morgan fingerprint density at radius 3 is 2.62 bits per heavy atom.